The second-order valence-corrected chi connectivity index (χ2v) is 6.45. The number of aromatic nitrogens is 1. The van der Waals surface area contributed by atoms with Gasteiger partial charge in [0.1, 0.15) is 17.3 Å². The summed E-state index contributed by atoms with van der Waals surface area (Å²) in [6.45, 7) is 1.07. The first-order chi connectivity index (χ1) is 14.0. The quantitative estimate of drug-likeness (QED) is 0.479. The Bertz CT molecular complexity index is 966. The minimum absolute atomic E-state index is 0.249. The van der Waals surface area contributed by atoms with Crippen molar-refractivity contribution >= 4 is 5.97 Å². The standard InChI is InChI=1S/C22H21FN2O4/c23-20-7-6-18(12-19(20)22(27)28)29-17-5-1-3-15(11-17)8-10-25-14-21(26)16-4-2-9-24-13-16/h1-7,9,11-13,21,25-26H,8,10,14H2,(H,27,28)/t21-/m0/s1. The average Bonchev–Trinajstić information content (AvgIpc) is 2.73. The van der Waals surface area contributed by atoms with E-state index >= 15 is 0 Å². The number of carboxylic acid groups (broad SMARTS) is 1. The van der Waals surface area contributed by atoms with Gasteiger partial charge >= 0.3 is 5.97 Å². The Hall–Kier alpha value is -3.29. The molecule has 3 rings (SSSR count). The van der Waals surface area contributed by atoms with Crippen molar-refractivity contribution < 1.29 is 24.1 Å². The molecule has 6 nitrogen and oxygen atoms in total. The number of aliphatic hydroxyl groups is 1. The van der Waals surface area contributed by atoms with Crippen molar-refractivity contribution in [2.24, 2.45) is 0 Å². The number of carbonyl (C=O) groups is 1. The molecule has 0 unspecified atom stereocenters. The number of ether oxygens (including phenoxy) is 1. The highest BCUT2D eigenvalue weighted by Gasteiger charge is 2.12. The molecule has 0 radical (unpaired) electrons. The van der Waals surface area contributed by atoms with Crippen LogP contribution in [0.3, 0.4) is 0 Å². The van der Waals surface area contributed by atoms with E-state index < -0.39 is 23.5 Å². The normalized spacial score (nSPS) is 11.8. The third-order valence-corrected chi connectivity index (χ3v) is 4.30. The largest absolute Gasteiger partial charge is 0.478 e. The van der Waals surface area contributed by atoms with Crippen molar-refractivity contribution in [3.8, 4) is 11.5 Å². The van der Waals surface area contributed by atoms with E-state index in [-0.39, 0.29) is 5.75 Å². The summed E-state index contributed by atoms with van der Waals surface area (Å²) in [5.41, 5.74) is 1.33. The van der Waals surface area contributed by atoms with Crippen molar-refractivity contribution in [1.82, 2.24) is 10.3 Å². The predicted octanol–water partition coefficient (Wildman–Crippen LogP) is 3.58. The van der Waals surface area contributed by atoms with E-state index in [0.29, 0.717) is 25.3 Å². The Morgan fingerprint density at radius 3 is 2.72 bits per heavy atom. The van der Waals surface area contributed by atoms with Crippen LogP contribution in [-0.2, 0) is 6.42 Å². The summed E-state index contributed by atoms with van der Waals surface area (Å²) in [6, 6.07) is 14.6. The van der Waals surface area contributed by atoms with Crippen LogP contribution in [-0.4, -0.2) is 34.3 Å². The molecule has 0 amide bonds. The summed E-state index contributed by atoms with van der Waals surface area (Å²) in [6.07, 6.45) is 3.38. The van der Waals surface area contributed by atoms with Crippen molar-refractivity contribution in [3.63, 3.8) is 0 Å². The molecule has 0 aliphatic carbocycles. The monoisotopic (exact) mass is 396 g/mol. The zero-order valence-electron chi connectivity index (χ0n) is 15.6. The Balaban J connectivity index is 1.53. The van der Waals surface area contributed by atoms with Crippen molar-refractivity contribution in [3.05, 3.63) is 89.5 Å². The topological polar surface area (TPSA) is 91.7 Å². The fourth-order valence-electron chi connectivity index (χ4n) is 2.79. The Morgan fingerprint density at radius 1 is 1.14 bits per heavy atom. The third-order valence-electron chi connectivity index (χ3n) is 4.30. The lowest BCUT2D eigenvalue weighted by molar-refractivity contribution is 0.0691. The molecule has 3 N–H and O–H groups in total. The number of rotatable bonds is 9. The van der Waals surface area contributed by atoms with E-state index in [0.717, 1.165) is 23.3 Å². The van der Waals surface area contributed by atoms with Gasteiger partial charge in [-0.1, -0.05) is 18.2 Å². The minimum atomic E-state index is -1.35. The molecular formula is C22H21FN2O4. The van der Waals surface area contributed by atoms with Gasteiger partial charge in [0.05, 0.1) is 11.7 Å². The van der Waals surface area contributed by atoms with Crippen LogP contribution in [0, 0.1) is 5.82 Å². The van der Waals surface area contributed by atoms with Gasteiger partial charge in [-0.2, -0.15) is 0 Å². The molecule has 7 heteroatoms. The van der Waals surface area contributed by atoms with E-state index in [4.69, 9.17) is 9.84 Å². The highest BCUT2D eigenvalue weighted by molar-refractivity contribution is 5.88. The van der Waals surface area contributed by atoms with E-state index in [1.54, 1.807) is 24.5 Å². The third kappa shape index (κ3) is 5.84. The van der Waals surface area contributed by atoms with Crippen LogP contribution in [0.1, 0.15) is 27.6 Å². The molecule has 0 saturated carbocycles. The molecule has 1 aromatic heterocycles. The SMILES string of the molecule is O=C(O)c1cc(Oc2cccc(CCNC[C@H](O)c3cccnc3)c2)ccc1F. The lowest BCUT2D eigenvalue weighted by atomic mass is 10.1. The van der Waals surface area contributed by atoms with Crippen LogP contribution < -0.4 is 10.1 Å². The Labute approximate surface area is 167 Å². The van der Waals surface area contributed by atoms with Gasteiger partial charge in [0.2, 0.25) is 0 Å². The molecule has 0 bridgehead atoms. The highest BCUT2D eigenvalue weighted by Crippen LogP contribution is 2.24. The zero-order chi connectivity index (χ0) is 20.6. The zero-order valence-corrected chi connectivity index (χ0v) is 15.6. The van der Waals surface area contributed by atoms with Gasteiger partial charge in [0, 0.05) is 24.5 Å². The highest BCUT2D eigenvalue weighted by atomic mass is 19.1. The van der Waals surface area contributed by atoms with Gasteiger partial charge in [0.15, 0.2) is 0 Å². The Kier molecular flexibility index (Phi) is 6.89. The molecule has 2 aromatic carbocycles. The fraction of sp³-hybridized carbons (Fsp3) is 0.182. The predicted molar refractivity (Wildman–Crippen MR) is 106 cm³/mol. The number of carboxylic acids is 1. The van der Waals surface area contributed by atoms with Crippen LogP contribution in [0.25, 0.3) is 0 Å². The van der Waals surface area contributed by atoms with Gasteiger partial charge in [-0.15, -0.1) is 0 Å². The van der Waals surface area contributed by atoms with Crippen LogP contribution >= 0.6 is 0 Å². The summed E-state index contributed by atoms with van der Waals surface area (Å²) in [5, 5.41) is 22.3. The van der Waals surface area contributed by atoms with E-state index in [2.05, 4.69) is 10.3 Å². The molecule has 0 aliphatic heterocycles. The number of aromatic carboxylic acids is 1. The molecule has 3 aromatic rings. The summed E-state index contributed by atoms with van der Waals surface area (Å²) < 4.78 is 19.2. The maximum Gasteiger partial charge on any atom is 0.338 e. The first-order valence-electron chi connectivity index (χ1n) is 9.11. The molecule has 0 fully saturated rings. The minimum Gasteiger partial charge on any atom is -0.478 e. The second kappa shape index (κ2) is 9.77. The molecule has 1 heterocycles. The summed E-state index contributed by atoms with van der Waals surface area (Å²) in [4.78, 5) is 15.0. The van der Waals surface area contributed by atoms with E-state index in [1.807, 2.05) is 24.3 Å². The first-order valence-corrected chi connectivity index (χ1v) is 9.11. The van der Waals surface area contributed by atoms with Gasteiger partial charge in [-0.25, -0.2) is 9.18 Å². The number of aliphatic hydroxyl groups excluding tert-OH is 1. The van der Waals surface area contributed by atoms with Crippen LogP contribution in [0.2, 0.25) is 0 Å². The molecule has 0 saturated heterocycles. The maximum absolute atomic E-state index is 13.5. The summed E-state index contributed by atoms with van der Waals surface area (Å²) in [5.74, 6) is -1.38. The lowest BCUT2D eigenvalue weighted by Crippen LogP contribution is -2.23. The van der Waals surface area contributed by atoms with Gasteiger partial charge < -0.3 is 20.3 Å². The molecule has 1 atom stereocenters. The number of hydrogen-bond acceptors (Lipinski definition) is 5. The molecule has 150 valence electrons. The lowest BCUT2D eigenvalue weighted by Gasteiger charge is -2.12. The smallest absolute Gasteiger partial charge is 0.338 e. The number of nitrogens with one attached hydrogen (secondary N) is 1. The van der Waals surface area contributed by atoms with Crippen LogP contribution in [0.4, 0.5) is 4.39 Å². The second-order valence-electron chi connectivity index (χ2n) is 6.45. The number of halogens is 1. The average molecular weight is 396 g/mol. The number of hydrogen-bond donors (Lipinski definition) is 3. The molecule has 0 aliphatic rings. The van der Waals surface area contributed by atoms with Crippen LogP contribution in [0.15, 0.2) is 67.0 Å². The van der Waals surface area contributed by atoms with E-state index in [1.165, 1.54) is 6.07 Å². The van der Waals surface area contributed by atoms with Crippen molar-refractivity contribution in [1.29, 1.82) is 0 Å². The van der Waals surface area contributed by atoms with Crippen LogP contribution in [0.5, 0.6) is 11.5 Å². The maximum atomic E-state index is 13.5. The number of nitrogens with zero attached hydrogens (tertiary/aromatic N) is 1. The number of pyridine rings is 1. The number of benzene rings is 2. The first kappa shape index (κ1) is 20.4. The van der Waals surface area contributed by atoms with Crippen molar-refractivity contribution in [2.75, 3.05) is 13.1 Å². The fourth-order valence-corrected chi connectivity index (χ4v) is 2.79. The molecule has 29 heavy (non-hydrogen) atoms. The van der Waals surface area contributed by atoms with Gasteiger partial charge in [0.25, 0.3) is 0 Å². The summed E-state index contributed by atoms with van der Waals surface area (Å²) >= 11 is 0. The summed E-state index contributed by atoms with van der Waals surface area (Å²) in [7, 11) is 0. The Morgan fingerprint density at radius 2 is 1.97 bits per heavy atom. The van der Waals surface area contributed by atoms with Gasteiger partial charge in [-0.05, 0) is 54.9 Å². The van der Waals surface area contributed by atoms with Crippen molar-refractivity contribution in [2.45, 2.75) is 12.5 Å². The molecular weight excluding hydrogens is 375 g/mol. The molecule has 0 spiro atoms. The van der Waals surface area contributed by atoms with Gasteiger partial charge in [-0.3, -0.25) is 4.98 Å². The van der Waals surface area contributed by atoms with E-state index in [9.17, 15) is 14.3 Å².